The molecule has 0 bridgehead atoms. The number of hydrogen-bond donors (Lipinski definition) is 2. The van der Waals surface area contributed by atoms with Crippen LogP contribution in [0.25, 0.3) is 11.0 Å². The number of piperidine rings is 1. The van der Waals surface area contributed by atoms with Crippen molar-refractivity contribution < 1.29 is 0 Å². The first-order valence-electron chi connectivity index (χ1n) is 5.62. The van der Waals surface area contributed by atoms with E-state index in [9.17, 15) is 0 Å². The van der Waals surface area contributed by atoms with Crippen LogP contribution in [0.1, 0.15) is 12.8 Å². The Kier molecular flexibility index (Phi) is 2.91. The minimum atomic E-state index is 0.0637. The molecule has 3 rings (SSSR count). The summed E-state index contributed by atoms with van der Waals surface area (Å²) in [5, 5.41) is 6.97. The Morgan fingerprint density at radius 1 is 1.25 bits per heavy atom. The molecule has 0 amide bonds. The van der Waals surface area contributed by atoms with Crippen LogP contribution in [0.15, 0.2) is 18.2 Å². The third-order valence-corrected chi connectivity index (χ3v) is 4.12. The number of rotatable bonds is 2. The summed E-state index contributed by atoms with van der Waals surface area (Å²) in [6, 6.07) is 6.79. The Morgan fingerprint density at radius 3 is 3.00 bits per heavy atom. The predicted octanol–water partition coefficient (Wildman–Crippen LogP) is 0.851. The van der Waals surface area contributed by atoms with Gasteiger partial charge in [0.1, 0.15) is 0 Å². The van der Waals surface area contributed by atoms with E-state index in [2.05, 4.69) is 30.7 Å². The molecule has 0 spiro atoms. The quantitative estimate of drug-likeness (QED) is 0.801. The second kappa shape index (κ2) is 4.53. The van der Waals surface area contributed by atoms with Crippen LogP contribution in [-0.4, -0.2) is 42.1 Å². The number of nitrogens with zero attached hydrogens (tertiary/aromatic N) is 2. The van der Waals surface area contributed by atoms with Crippen LogP contribution >= 0.6 is 0 Å². The second-order valence-corrected chi connectivity index (χ2v) is 5.21. The van der Waals surface area contributed by atoms with Crippen molar-refractivity contribution in [3.63, 3.8) is 0 Å². The van der Waals surface area contributed by atoms with E-state index in [0.717, 1.165) is 29.8 Å². The molecule has 2 heterocycles. The van der Waals surface area contributed by atoms with Crippen LogP contribution in [0.5, 0.6) is 0 Å². The van der Waals surface area contributed by atoms with Crippen molar-refractivity contribution in [1.82, 2.24) is 13.3 Å². The third-order valence-electron chi connectivity index (χ3n) is 2.98. The van der Waals surface area contributed by atoms with E-state index in [-0.39, 0.29) is 15.0 Å². The molecule has 1 aromatic heterocycles. The zero-order valence-corrected chi connectivity index (χ0v) is 10.7. The zero-order chi connectivity index (χ0) is 10.8. The molecule has 0 aliphatic carbocycles. The van der Waals surface area contributed by atoms with Gasteiger partial charge in [-0.05, 0) is 0 Å². The fourth-order valence-electron chi connectivity index (χ4n) is 2.11. The fraction of sp³-hybridized carbons (Fsp3) is 0.455. The van der Waals surface area contributed by atoms with E-state index in [1.54, 1.807) is 0 Å². The molecule has 5 heteroatoms. The van der Waals surface area contributed by atoms with Crippen LogP contribution in [-0.2, 0) is 0 Å². The molecule has 4 nitrogen and oxygen atoms in total. The van der Waals surface area contributed by atoms with E-state index < -0.39 is 0 Å². The summed E-state index contributed by atoms with van der Waals surface area (Å²) < 4.78 is 8.88. The number of fused-ring (bicyclic) bond motifs is 1. The molecule has 0 unspecified atom stereocenters. The number of hydrogen-bond acceptors (Lipinski definition) is 4. The summed E-state index contributed by atoms with van der Waals surface area (Å²) in [5.74, 6) is 0. The number of benzene rings is 1. The molecule has 1 aliphatic heterocycles. The van der Waals surface area contributed by atoms with Crippen molar-refractivity contribution in [3.8, 4) is 0 Å². The van der Waals surface area contributed by atoms with Crippen LogP contribution in [0, 0.1) is 0 Å². The van der Waals surface area contributed by atoms with Gasteiger partial charge in [0.15, 0.2) is 0 Å². The Balaban J connectivity index is 1.85. The normalized spacial score (nSPS) is 17.8. The molecule has 1 saturated heterocycles. The molecule has 1 aliphatic rings. The Bertz CT molecular complexity index is 476. The van der Waals surface area contributed by atoms with Crippen LogP contribution in [0.3, 0.4) is 0 Å². The second-order valence-electron chi connectivity index (χ2n) is 4.11. The van der Waals surface area contributed by atoms with Gasteiger partial charge < -0.3 is 0 Å². The monoisotopic (exact) mass is 282 g/mol. The first-order chi connectivity index (χ1) is 7.93. The Labute approximate surface area is 101 Å². The molecule has 2 aromatic rings. The van der Waals surface area contributed by atoms with Gasteiger partial charge in [0.05, 0.1) is 0 Å². The number of aromatic nitrogens is 2. The van der Waals surface area contributed by atoms with Gasteiger partial charge in [-0.15, -0.1) is 0 Å². The molecule has 0 radical (unpaired) electrons. The Hall–Kier alpha value is -0.901. The zero-order valence-electron chi connectivity index (χ0n) is 8.94. The third kappa shape index (κ3) is 1.98. The van der Waals surface area contributed by atoms with E-state index in [1.807, 2.05) is 6.07 Å². The maximum atomic E-state index is 4.48. The molecule has 0 atom stereocenters. The maximum absolute atomic E-state index is 4.48. The van der Waals surface area contributed by atoms with Crippen molar-refractivity contribution in [3.05, 3.63) is 18.2 Å². The van der Waals surface area contributed by atoms with Gasteiger partial charge in [0.25, 0.3) is 0 Å². The summed E-state index contributed by atoms with van der Waals surface area (Å²) in [6.45, 7) is 2.22. The van der Waals surface area contributed by atoms with Crippen molar-refractivity contribution >= 4 is 31.7 Å². The summed E-state index contributed by atoms with van der Waals surface area (Å²) >= 11 is 0.0637. The molecule has 16 heavy (non-hydrogen) atoms. The van der Waals surface area contributed by atoms with E-state index >= 15 is 0 Å². The predicted molar refractivity (Wildman–Crippen MR) is 66.0 cm³/mol. The first-order valence-corrected chi connectivity index (χ1v) is 7.15. The molecule has 1 fully saturated rings. The van der Waals surface area contributed by atoms with E-state index in [1.165, 1.54) is 12.8 Å². The van der Waals surface area contributed by atoms with Crippen molar-refractivity contribution in [1.29, 1.82) is 0 Å². The molecular formula is C11H14N4Se. The summed E-state index contributed by atoms with van der Waals surface area (Å²) in [5.41, 5.74) is 3.28. The van der Waals surface area contributed by atoms with Gasteiger partial charge in [0.2, 0.25) is 0 Å². The molecular weight excluding hydrogens is 267 g/mol. The van der Waals surface area contributed by atoms with Gasteiger partial charge in [0, 0.05) is 0 Å². The van der Waals surface area contributed by atoms with E-state index in [0.29, 0.717) is 6.04 Å². The summed E-state index contributed by atoms with van der Waals surface area (Å²) in [7, 11) is 0. The SMILES string of the molecule is c1cc(NC2CCNCC2)c2n[se]nc2c1. The number of nitrogens with one attached hydrogen (secondary N) is 2. The van der Waals surface area contributed by atoms with Crippen molar-refractivity contribution in [2.75, 3.05) is 18.4 Å². The first kappa shape index (κ1) is 10.3. The summed E-state index contributed by atoms with van der Waals surface area (Å²) in [6.07, 6.45) is 2.37. The van der Waals surface area contributed by atoms with Crippen molar-refractivity contribution in [2.45, 2.75) is 18.9 Å². The molecule has 2 N–H and O–H groups in total. The van der Waals surface area contributed by atoms with Crippen LogP contribution < -0.4 is 10.6 Å². The molecule has 84 valence electrons. The molecule has 0 saturated carbocycles. The molecule has 1 aromatic carbocycles. The van der Waals surface area contributed by atoms with Gasteiger partial charge in [-0.1, -0.05) is 0 Å². The Morgan fingerprint density at radius 2 is 2.12 bits per heavy atom. The fourth-order valence-corrected chi connectivity index (χ4v) is 3.26. The van der Waals surface area contributed by atoms with Crippen molar-refractivity contribution in [2.24, 2.45) is 0 Å². The van der Waals surface area contributed by atoms with Gasteiger partial charge in [-0.3, -0.25) is 0 Å². The van der Waals surface area contributed by atoms with Gasteiger partial charge in [-0.2, -0.15) is 0 Å². The van der Waals surface area contributed by atoms with Crippen LogP contribution in [0.4, 0.5) is 5.69 Å². The van der Waals surface area contributed by atoms with E-state index in [4.69, 9.17) is 0 Å². The summed E-state index contributed by atoms with van der Waals surface area (Å²) in [4.78, 5) is 0. The van der Waals surface area contributed by atoms with Crippen LogP contribution in [0.2, 0.25) is 0 Å². The number of anilines is 1. The van der Waals surface area contributed by atoms with Gasteiger partial charge >= 0.3 is 100 Å². The topological polar surface area (TPSA) is 49.8 Å². The average molecular weight is 281 g/mol. The van der Waals surface area contributed by atoms with Gasteiger partial charge in [-0.25, -0.2) is 0 Å². The average Bonchev–Trinajstić information content (AvgIpc) is 2.80. The minimum absolute atomic E-state index is 0.0637. The standard InChI is InChI=1S/C11H14N4Se/c1-2-9(11-10(3-1)14-16-15-11)13-8-4-6-12-7-5-8/h1-3,8,12-13H,4-7H2.